The van der Waals surface area contributed by atoms with Gasteiger partial charge in [-0.1, -0.05) is 68.4 Å². The van der Waals surface area contributed by atoms with Gasteiger partial charge in [0.15, 0.2) is 0 Å². The molecule has 1 aliphatic heterocycles. The van der Waals surface area contributed by atoms with Gasteiger partial charge in [-0.25, -0.2) is 0 Å². The molecule has 1 saturated heterocycles. The standard InChI is InChI=1S/C28H29NO3/c1-18(2)27-24(13-12-22-16-21(30)17-25(31)32-22)26(20-9-4-3-5-10-20)28-23-11-7-6-8-19(23)14-15-29(27)28/h3-11,14-15,18,21-22,30H,12-13,16-17H2,1-2H3. The molecule has 0 radical (unpaired) electrons. The van der Waals surface area contributed by atoms with Crippen molar-refractivity contribution in [1.29, 1.82) is 0 Å². The molecule has 4 aromatic rings. The minimum Gasteiger partial charge on any atom is -0.462 e. The van der Waals surface area contributed by atoms with Gasteiger partial charge in [0.1, 0.15) is 6.10 Å². The van der Waals surface area contributed by atoms with Gasteiger partial charge in [0.05, 0.1) is 18.0 Å². The first-order chi connectivity index (χ1) is 15.5. The molecule has 2 atom stereocenters. The van der Waals surface area contributed by atoms with Gasteiger partial charge in [0.2, 0.25) is 0 Å². The number of nitrogens with zero attached hydrogens (tertiary/aromatic N) is 1. The Labute approximate surface area is 188 Å². The van der Waals surface area contributed by atoms with Crippen LogP contribution in [-0.2, 0) is 16.0 Å². The van der Waals surface area contributed by atoms with E-state index < -0.39 is 6.10 Å². The fourth-order valence-corrected chi connectivity index (χ4v) is 5.23. The number of aliphatic hydroxyl groups excluding tert-OH is 1. The summed E-state index contributed by atoms with van der Waals surface area (Å²) in [6.45, 7) is 4.47. The molecule has 1 N–H and O–H groups in total. The lowest BCUT2D eigenvalue weighted by Crippen LogP contribution is -2.32. The van der Waals surface area contributed by atoms with Crippen LogP contribution in [0.15, 0.2) is 66.9 Å². The molecule has 164 valence electrons. The van der Waals surface area contributed by atoms with E-state index in [1.807, 2.05) is 6.07 Å². The number of hydrogen-bond donors (Lipinski definition) is 1. The summed E-state index contributed by atoms with van der Waals surface area (Å²) >= 11 is 0. The van der Waals surface area contributed by atoms with Gasteiger partial charge in [-0.3, -0.25) is 4.79 Å². The molecule has 4 heteroatoms. The first kappa shape index (κ1) is 20.8. The average molecular weight is 428 g/mol. The van der Waals surface area contributed by atoms with Crippen molar-refractivity contribution in [1.82, 2.24) is 4.40 Å². The van der Waals surface area contributed by atoms with E-state index in [9.17, 15) is 9.90 Å². The molecule has 5 rings (SSSR count). The number of aliphatic hydroxyl groups is 1. The molecule has 32 heavy (non-hydrogen) atoms. The Morgan fingerprint density at radius 1 is 1.06 bits per heavy atom. The summed E-state index contributed by atoms with van der Waals surface area (Å²) in [4.78, 5) is 11.9. The number of carbonyl (C=O) groups is 1. The highest BCUT2D eigenvalue weighted by Gasteiger charge is 2.29. The molecular weight excluding hydrogens is 398 g/mol. The van der Waals surface area contributed by atoms with Crippen molar-refractivity contribution in [3.05, 3.63) is 78.1 Å². The number of ether oxygens (including phenoxy) is 1. The molecule has 0 spiro atoms. The summed E-state index contributed by atoms with van der Waals surface area (Å²) in [5, 5.41) is 12.5. The zero-order chi connectivity index (χ0) is 22.2. The van der Waals surface area contributed by atoms with Crippen LogP contribution in [0.25, 0.3) is 27.4 Å². The van der Waals surface area contributed by atoms with Crippen LogP contribution in [0.5, 0.6) is 0 Å². The smallest absolute Gasteiger partial charge is 0.308 e. The van der Waals surface area contributed by atoms with E-state index in [0.717, 1.165) is 6.42 Å². The highest BCUT2D eigenvalue weighted by atomic mass is 16.5. The average Bonchev–Trinajstić information content (AvgIpc) is 3.12. The summed E-state index contributed by atoms with van der Waals surface area (Å²) in [5.41, 5.74) is 6.29. The van der Waals surface area contributed by atoms with Crippen LogP contribution in [0, 0.1) is 0 Å². The maximum atomic E-state index is 11.9. The largest absolute Gasteiger partial charge is 0.462 e. The zero-order valence-electron chi connectivity index (χ0n) is 18.6. The number of benzene rings is 2. The van der Waals surface area contributed by atoms with Crippen molar-refractivity contribution >= 4 is 22.3 Å². The monoisotopic (exact) mass is 427 g/mol. The van der Waals surface area contributed by atoms with Crippen molar-refractivity contribution in [2.45, 2.75) is 57.7 Å². The first-order valence-corrected chi connectivity index (χ1v) is 11.5. The summed E-state index contributed by atoms with van der Waals surface area (Å²) in [6.07, 6.45) is 3.46. The molecular formula is C28H29NO3. The van der Waals surface area contributed by atoms with E-state index in [4.69, 9.17) is 4.74 Å². The van der Waals surface area contributed by atoms with Crippen LogP contribution in [-0.4, -0.2) is 27.7 Å². The quantitative estimate of drug-likeness (QED) is 0.405. The highest BCUT2D eigenvalue weighted by molar-refractivity contribution is 6.05. The number of aromatic nitrogens is 1. The number of pyridine rings is 1. The van der Waals surface area contributed by atoms with Crippen LogP contribution in [0.1, 0.15) is 50.3 Å². The topological polar surface area (TPSA) is 50.9 Å². The molecule has 0 amide bonds. The fraction of sp³-hybridized carbons (Fsp3) is 0.321. The van der Waals surface area contributed by atoms with Gasteiger partial charge in [-0.15, -0.1) is 0 Å². The van der Waals surface area contributed by atoms with Gasteiger partial charge in [-0.05, 0) is 41.3 Å². The Balaban J connectivity index is 1.70. The van der Waals surface area contributed by atoms with E-state index in [2.05, 4.69) is 79.0 Å². The third kappa shape index (κ3) is 3.69. The molecule has 3 heterocycles. The van der Waals surface area contributed by atoms with Crippen LogP contribution in [0.4, 0.5) is 0 Å². The lowest BCUT2D eigenvalue weighted by Gasteiger charge is -2.26. The van der Waals surface area contributed by atoms with Crippen molar-refractivity contribution < 1.29 is 14.6 Å². The zero-order valence-corrected chi connectivity index (χ0v) is 18.6. The second-order valence-corrected chi connectivity index (χ2v) is 9.13. The number of fused-ring (bicyclic) bond motifs is 3. The van der Waals surface area contributed by atoms with Gasteiger partial charge >= 0.3 is 5.97 Å². The van der Waals surface area contributed by atoms with Crippen LogP contribution >= 0.6 is 0 Å². The van der Waals surface area contributed by atoms with Gasteiger partial charge in [0.25, 0.3) is 0 Å². The fourth-order valence-electron chi connectivity index (χ4n) is 5.23. The second-order valence-electron chi connectivity index (χ2n) is 9.13. The normalized spacial score (nSPS) is 19.1. The summed E-state index contributed by atoms with van der Waals surface area (Å²) < 4.78 is 7.92. The lowest BCUT2D eigenvalue weighted by atomic mass is 9.91. The summed E-state index contributed by atoms with van der Waals surface area (Å²) in [6, 6.07) is 21.3. The number of rotatable bonds is 5. The lowest BCUT2D eigenvalue weighted by molar-refractivity contribution is -0.160. The Bertz CT molecular complexity index is 1270. The molecule has 2 unspecified atom stereocenters. The van der Waals surface area contributed by atoms with E-state index >= 15 is 0 Å². The molecule has 1 fully saturated rings. The van der Waals surface area contributed by atoms with Gasteiger partial charge < -0.3 is 14.2 Å². The summed E-state index contributed by atoms with van der Waals surface area (Å²) in [5.74, 6) is 0.0322. The first-order valence-electron chi connectivity index (χ1n) is 11.5. The number of hydrogen-bond acceptors (Lipinski definition) is 3. The van der Waals surface area contributed by atoms with Crippen molar-refractivity contribution in [2.75, 3.05) is 0 Å². The molecule has 2 aromatic carbocycles. The minimum absolute atomic E-state index is 0.102. The maximum absolute atomic E-state index is 11.9. The van der Waals surface area contributed by atoms with E-state index in [1.165, 1.54) is 38.7 Å². The Morgan fingerprint density at radius 2 is 1.81 bits per heavy atom. The Morgan fingerprint density at radius 3 is 2.56 bits per heavy atom. The molecule has 0 saturated carbocycles. The maximum Gasteiger partial charge on any atom is 0.308 e. The number of esters is 1. The molecule has 1 aliphatic rings. The third-order valence-electron chi connectivity index (χ3n) is 6.53. The molecule has 4 nitrogen and oxygen atoms in total. The molecule has 0 bridgehead atoms. The SMILES string of the molecule is CC(C)c1c(CCC2CC(O)CC(=O)O2)c(-c2ccccc2)c2c3ccccc3ccn12. The Hall–Kier alpha value is -3.11. The van der Waals surface area contributed by atoms with E-state index in [-0.39, 0.29) is 18.5 Å². The van der Waals surface area contributed by atoms with Crippen LogP contribution < -0.4 is 0 Å². The van der Waals surface area contributed by atoms with Crippen molar-refractivity contribution in [3.8, 4) is 11.1 Å². The Kier molecular flexibility index (Phi) is 5.48. The van der Waals surface area contributed by atoms with Gasteiger partial charge in [-0.2, -0.15) is 0 Å². The highest BCUT2D eigenvalue weighted by Crippen LogP contribution is 2.40. The second kappa shape index (κ2) is 8.44. The van der Waals surface area contributed by atoms with Gasteiger partial charge in [0, 0.05) is 29.3 Å². The third-order valence-corrected chi connectivity index (χ3v) is 6.53. The predicted octanol–water partition coefficient (Wildman–Crippen LogP) is 5.88. The number of cyclic esters (lactones) is 1. The van der Waals surface area contributed by atoms with E-state index in [1.54, 1.807) is 0 Å². The number of carbonyl (C=O) groups excluding carboxylic acids is 1. The van der Waals surface area contributed by atoms with Crippen molar-refractivity contribution in [3.63, 3.8) is 0 Å². The molecule has 2 aromatic heterocycles. The van der Waals surface area contributed by atoms with Crippen LogP contribution in [0.3, 0.4) is 0 Å². The summed E-state index contributed by atoms with van der Waals surface area (Å²) in [7, 11) is 0. The minimum atomic E-state index is -0.600. The van der Waals surface area contributed by atoms with Crippen molar-refractivity contribution in [2.24, 2.45) is 0 Å². The molecule has 0 aliphatic carbocycles. The van der Waals surface area contributed by atoms with E-state index in [0.29, 0.717) is 18.8 Å². The predicted molar refractivity (Wildman–Crippen MR) is 128 cm³/mol. The van der Waals surface area contributed by atoms with Crippen LogP contribution in [0.2, 0.25) is 0 Å².